The van der Waals surface area contributed by atoms with Crippen molar-refractivity contribution in [2.24, 2.45) is 0 Å². The van der Waals surface area contributed by atoms with Crippen molar-refractivity contribution in [3.63, 3.8) is 0 Å². The number of hydrogen-bond acceptors (Lipinski definition) is 4. The van der Waals surface area contributed by atoms with Crippen molar-refractivity contribution < 1.29 is 13.2 Å². The first-order valence-corrected chi connectivity index (χ1v) is 9.55. The van der Waals surface area contributed by atoms with Gasteiger partial charge in [0.05, 0.1) is 11.4 Å². The molecule has 112 valence electrons. The van der Waals surface area contributed by atoms with Crippen LogP contribution in [0.2, 0.25) is 0 Å². The largest absolute Gasteiger partial charge is 0.378 e. The Morgan fingerprint density at radius 3 is 2.68 bits per heavy atom. The molecule has 5 heteroatoms. The fourth-order valence-corrected chi connectivity index (χ4v) is 4.35. The number of hydrogen-bond donors (Lipinski definition) is 1. The second-order valence-corrected chi connectivity index (χ2v) is 8.37. The van der Waals surface area contributed by atoms with E-state index in [2.05, 4.69) is 5.32 Å². The summed E-state index contributed by atoms with van der Waals surface area (Å²) in [5.41, 5.74) is 0. The molecule has 1 saturated heterocycles. The van der Waals surface area contributed by atoms with Gasteiger partial charge in [-0.25, -0.2) is 8.42 Å². The molecular formula is C14H27NO3S. The maximum absolute atomic E-state index is 11.6. The van der Waals surface area contributed by atoms with Crippen LogP contribution in [0.4, 0.5) is 0 Å². The van der Waals surface area contributed by atoms with Crippen molar-refractivity contribution in [3.05, 3.63) is 0 Å². The Kier molecular flexibility index (Phi) is 5.66. The van der Waals surface area contributed by atoms with Crippen molar-refractivity contribution in [1.29, 1.82) is 0 Å². The highest BCUT2D eigenvalue weighted by molar-refractivity contribution is 7.91. The van der Waals surface area contributed by atoms with Crippen molar-refractivity contribution in [2.45, 2.75) is 68.8 Å². The number of ether oxygens (including phenoxy) is 1. The van der Waals surface area contributed by atoms with Crippen molar-refractivity contribution >= 4 is 9.84 Å². The van der Waals surface area contributed by atoms with Crippen LogP contribution in [0.25, 0.3) is 0 Å². The van der Waals surface area contributed by atoms with E-state index in [0.29, 0.717) is 12.5 Å². The molecule has 4 nitrogen and oxygen atoms in total. The fraction of sp³-hybridized carbons (Fsp3) is 1.00. The smallest absolute Gasteiger partial charge is 0.150 e. The Hall–Kier alpha value is -0.130. The third kappa shape index (κ3) is 5.04. The summed E-state index contributed by atoms with van der Waals surface area (Å²) in [4.78, 5) is 0. The molecule has 2 fully saturated rings. The average Bonchev–Trinajstić information content (AvgIpc) is 2.39. The van der Waals surface area contributed by atoms with Crippen LogP contribution in [0.5, 0.6) is 0 Å². The molecule has 2 rings (SSSR count). The zero-order valence-corrected chi connectivity index (χ0v) is 12.8. The Bertz CT molecular complexity index is 363. The third-order valence-corrected chi connectivity index (χ3v) is 6.05. The van der Waals surface area contributed by atoms with E-state index in [1.54, 1.807) is 0 Å². The molecule has 1 heterocycles. The molecule has 0 aromatic rings. The highest BCUT2D eigenvalue weighted by Crippen LogP contribution is 2.26. The summed E-state index contributed by atoms with van der Waals surface area (Å²) in [5.74, 6) is 0. The summed E-state index contributed by atoms with van der Waals surface area (Å²) in [6.45, 7) is 1.89. The van der Waals surface area contributed by atoms with E-state index in [1.165, 1.54) is 25.5 Å². The highest BCUT2D eigenvalue weighted by atomic mass is 32.2. The summed E-state index contributed by atoms with van der Waals surface area (Å²) >= 11 is 0. The van der Waals surface area contributed by atoms with Crippen molar-refractivity contribution in [3.8, 4) is 0 Å². The second kappa shape index (κ2) is 7.04. The molecular weight excluding hydrogens is 262 g/mol. The third-order valence-electron chi connectivity index (χ3n) is 4.42. The van der Waals surface area contributed by atoms with Gasteiger partial charge in [0, 0.05) is 18.9 Å². The van der Waals surface area contributed by atoms with E-state index in [9.17, 15) is 8.42 Å². The number of rotatable bonds is 5. The van der Waals surface area contributed by atoms with Gasteiger partial charge in [0.25, 0.3) is 0 Å². The summed E-state index contributed by atoms with van der Waals surface area (Å²) in [6, 6.07) is 0.600. The van der Waals surface area contributed by atoms with Crippen LogP contribution in [0.1, 0.15) is 51.4 Å². The van der Waals surface area contributed by atoms with Crippen LogP contribution in [0.15, 0.2) is 0 Å². The predicted octanol–water partition coefficient (Wildman–Crippen LogP) is 1.89. The minimum Gasteiger partial charge on any atom is -0.378 e. The first-order chi connectivity index (χ1) is 9.05. The lowest BCUT2D eigenvalue weighted by Crippen LogP contribution is -2.36. The Morgan fingerprint density at radius 2 is 2.00 bits per heavy atom. The molecule has 19 heavy (non-hydrogen) atoms. The molecule has 0 radical (unpaired) electrons. The minimum atomic E-state index is -2.90. The normalized spacial score (nSPS) is 33.2. The highest BCUT2D eigenvalue weighted by Gasteiger charge is 2.29. The maximum Gasteiger partial charge on any atom is 0.150 e. The summed E-state index contributed by atoms with van der Waals surface area (Å²) in [6.07, 6.45) is 9.91. The van der Waals surface area contributed by atoms with Crippen molar-refractivity contribution in [1.82, 2.24) is 5.32 Å². The van der Waals surface area contributed by atoms with Gasteiger partial charge in [-0.2, -0.15) is 0 Å². The lowest BCUT2D eigenvalue weighted by molar-refractivity contribution is 0.0234. The monoisotopic (exact) mass is 289 g/mol. The molecule has 2 aliphatic rings. The number of piperidine rings is 1. The summed E-state index contributed by atoms with van der Waals surface area (Å²) < 4.78 is 29.1. The zero-order chi connectivity index (χ0) is 13.7. The van der Waals surface area contributed by atoms with E-state index in [1.807, 2.05) is 0 Å². The lowest BCUT2D eigenvalue weighted by atomic mass is 9.97. The molecule has 3 unspecified atom stereocenters. The number of sulfone groups is 1. The topological polar surface area (TPSA) is 55.4 Å². The second-order valence-electron chi connectivity index (χ2n) is 6.05. The average molecular weight is 289 g/mol. The van der Waals surface area contributed by atoms with Gasteiger partial charge in [0.15, 0.2) is 0 Å². The quantitative estimate of drug-likeness (QED) is 0.840. The van der Waals surface area contributed by atoms with Gasteiger partial charge < -0.3 is 10.1 Å². The van der Waals surface area contributed by atoms with E-state index in [-0.39, 0.29) is 11.4 Å². The molecule has 1 aliphatic heterocycles. The van der Waals surface area contributed by atoms with Crippen LogP contribution in [-0.4, -0.2) is 45.2 Å². The summed E-state index contributed by atoms with van der Waals surface area (Å²) in [5, 5.41) is 3.33. The molecule has 0 bridgehead atoms. The lowest BCUT2D eigenvalue weighted by Gasteiger charge is -2.29. The van der Waals surface area contributed by atoms with Gasteiger partial charge in [-0.1, -0.05) is 6.42 Å². The first kappa shape index (κ1) is 15.3. The molecule has 1 saturated carbocycles. The maximum atomic E-state index is 11.6. The van der Waals surface area contributed by atoms with E-state index in [0.717, 1.165) is 38.8 Å². The predicted molar refractivity (Wildman–Crippen MR) is 77.1 cm³/mol. The van der Waals surface area contributed by atoms with Gasteiger partial charge in [-0.05, 0) is 51.5 Å². The SMILES string of the molecule is CS(=O)(=O)C1CCCC(OCCC2CCCCN2)C1. The Balaban J connectivity index is 1.67. The minimum absolute atomic E-state index is 0.150. The number of nitrogens with one attached hydrogen (secondary N) is 1. The van der Waals surface area contributed by atoms with Crippen LogP contribution in [0.3, 0.4) is 0 Å². The first-order valence-electron chi connectivity index (χ1n) is 7.59. The molecule has 3 atom stereocenters. The van der Waals surface area contributed by atoms with Gasteiger partial charge in [-0.3, -0.25) is 0 Å². The van der Waals surface area contributed by atoms with Gasteiger partial charge in [0.2, 0.25) is 0 Å². The van der Waals surface area contributed by atoms with Crippen molar-refractivity contribution in [2.75, 3.05) is 19.4 Å². The van der Waals surface area contributed by atoms with Crippen LogP contribution in [0, 0.1) is 0 Å². The van der Waals surface area contributed by atoms with E-state index in [4.69, 9.17) is 4.74 Å². The van der Waals surface area contributed by atoms with Crippen LogP contribution >= 0.6 is 0 Å². The van der Waals surface area contributed by atoms with Gasteiger partial charge >= 0.3 is 0 Å². The van der Waals surface area contributed by atoms with E-state index >= 15 is 0 Å². The molecule has 0 aromatic carbocycles. The molecule has 1 N–H and O–H groups in total. The molecule has 1 aliphatic carbocycles. The fourth-order valence-electron chi connectivity index (χ4n) is 3.19. The van der Waals surface area contributed by atoms with Gasteiger partial charge in [0.1, 0.15) is 9.84 Å². The van der Waals surface area contributed by atoms with Crippen LogP contribution in [-0.2, 0) is 14.6 Å². The standard InChI is InChI=1S/C14H27NO3S/c1-19(16,17)14-7-4-6-13(11-14)18-10-8-12-5-2-3-9-15-12/h12-15H,2-11H2,1H3. The molecule has 0 spiro atoms. The Morgan fingerprint density at radius 1 is 1.16 bits per heavy atom. The molecule has 0 aromatic heterocycles. The Labute approximate surface area is 117 Å². The van der Waals surface area contributed by atoms with Crippen LogP contribution < -0.4 is 5.32 Å². The molecule has 0 amide bonds. The van der Waals surface area contributed by atoms with Gasteiger partial charge in [-0.15, -0.1) is 0 Å². The summed E-state index contributed by atoms with van der Waals surface area (Å²) in [7, 11) is -2.90. The zero-order valence-electron chi connectivity index (χ0n) is 11.9. The van der Waals surface area contributed by atoms with E-state index < -0.39 is 9.84 Å².